The van der Waals surface area contributed by atoms with E-state index in [-0.39, 0.29) is 27.6 Å². The number of pyridine rings is 1. The molecular formula is C19H11BrF3N5O. The van der Waals surface area contributed by atoms with Gasteiger partial charge in [-0.05, 0) is 46.6 Å². The molecule has 0 saturated carbocycles. The summed E-state index contributed by atoms with van der Waals surface area (Å²) >= 11 is 3.08. The van der Waals surface area contributed by atoms with Gasteiger partial charge in [-0.1, -0.05) is 0 Å². The molecule has 1 N–H and O–H groups in total. The highest BCUT2D eigenvalue weighted by molar-refractivity contribution is 9.10. The quantitative estimate of drug-likeness (QED) is 0.486. The van der Waals surface area contributed by atoms with Gasteiger partial charge in [-0.2, -0.15) is 18.4 Å². The lowest BCUT2D eigenvalue weighted by molar-refractivity contribution is -0.137. The number of aromatic nitrogens is 4. The van der Waals surface area contributed by atoms with Gasteiger partial charge in [-0.15, -0.1) is 0 Å². The van der Waals surface area contributed by atoms with Crippen LogP contribution in [0.3, 0.4) is 0 Å². The van der Waals surface area contributed by atoms with Crippen molar-refractivity contribution in [3.05, 3.63) is 73.6 Å². The van der Waals surface area contributed by atoms with E-state index in [1.807, 2.05) is 6.92 Å². The van der Waals surface area contributed by atoms with Crippen LogP contribution in [0.2, 0.25) is 0 Å². The van der Waals surface area contributed by atoms with Crippen molar-refractivity contribution in [1.29, 1.82) is 5.26 Å². The predicted molar refractivity (Wildman–Crippen MR) is 103 cm³/mol. The second-order valence-electron chi connectivity index (χ2n) is 6.52. The molecule has 0 bridgehead atoms. The number of imidazole rings is 1. The van der Waals surface area contributed by atoms with E-state index in [4.69, 9.17) is 5.26 Å². The molecule has 0 spiro atoms. The maximum atomic E-state index is 13.0. The number of rotatable bonds is 2. The molecule has 3 heterocycles. The number of hydrogen-bond donors (Lipinski definition) is 1. The third-order valence-electron chi connectivity index (χ3n) is 4.46. The summed E-state index contributed by atoms with van der Waals surface area (Å²) in [7, 11) is 0. The first kappa shape index (κ1) is 19.1. The van der Waals surface area contributed by atoms with Crippen LogP contribution in [0.1, 0.15) is 28.2 Å². The number of alkyl halides is 3. The van der Waals surface area contributed by atoms with Crippen LogP contribution >= 0.6 is 15.9 Å². The number of fused-ring (bicyclic) bond motifs is 2. The SMILES string of the molecule is Cc1cc2nc(Cc3nc4c(Br)cc(C(F)(F)F)cc4c(=O)[nH]3)cn2cc1C#N. The Morgan fingerprint density at radius 2 is 2.00 bits per heavy atom. The van der Waals surface area contributed by atoms with Crippen molar-refractivity contribution in [2.45, 2.75) is 19.5 Å². The summed E-state index contributed by atoms with van der Waals surface area (Å²) in [6.07, 6.45) is -1.03. The number of hydrogen-bond acceptors (Lipinski definition) is 4. The van der Waals surface area contributed by atoms with Gasteiger partial charge >= 0.3 is 6.18 Å². The van der Waals surface area contributed by atoms with Crippen molar-refractivity contribution in [3.8, 4) is 6.07 Å². The summed E-state index contributed by atoms with van der Waals surface area (Å²) in [6.45, 7) is 1.81. The van der Waals surface area contributed by atoms with Gasteiger partial charge in [0.2, 0.25) is 0 Å². The molecule has 0 saturated heterocycles. The van der Waals surface area contributed by atoms with Crippen molar-refractivity contribution in [2.24, 2.45) is 0 Å². The van der Waals surface area contributed by atoms with E-state index < -0.39 is 17.3 Å². The van der Waals surface area contributed by atoms with Crippen molar-refractivity contribution < 1.29 is 13.2 Å². The molecule has 0 radical (unpaired) electrons. The number of nitriles is 1. The van der Waals surface area contributed by atoms with Crippen molar-refractivity contribution >= 4 is 32.5 Å². The maximum absolute atomic E-state index is 13.0. The molecule has 0 aliphatic rings. The zero-order valence-corrected chi connectivity index (χ0v) is 16.4. The van der Waals surface area contributed by atoms with E-state index in [9.17, 15) is 18.0 Å². The molecule has 146 valence electrons. The van der Waals surface area contributed by atoms with Crippen molar-refractivity contribution in [3.63, 3.8) is 0 Å². The Hall–Kier alpha value is -3.19. The third kappa shape index (κ3) is 3.49. The number of benzene rings is 1. The summed E-state index contributed by atoms with van der Waals surface area (Å²) in [5.41, 5.74) is 1.08. The van der Waals surface area contributed by atoms with Gasteiger partial charge < -0.3 is 9.38 Å². The highest BCUT2D eigenvalue weighted by Crippen LogP contribution is 2.33. The molecule has 1 aromatic carbocycles. The van der Waals surface area contributed by atoms with Crippen LogP contribution in [-0.4, -0.2) is 19.4 Å². The molecule has 0 aliphatic heterocycles. The largest absolute Gasteiger partial charge is 0.416 e. The summed E-state index contributed by atoms with van der Waals surface area (Å²) in [5.74, 6) is 0.267. The molecule has 0 unspecified atom stereocenters. The molecule has 0 fully saturated rings. The summed E-state index contributed by atoms with van der Waals surface area (Å²) in [5, 5.41) is 8.99. The predicted octanol–water partition coefficient (Wildman–Crippen LogP) is 4.12. The second kappa shape index (κ2) is 6.70. The van der Waals surface area contributed by atoms with Gasteiger partial charge in [-0.3, -0.25) is 4.79 Å². The summed E-state index contributed by atoms with van der Waals surface area (Å²) in [4.78, 5) is 23.7. The Bertz CT molecular complexity index is 1380. The zero-order chi connectivity index (χ0) is 20.9. The fraction of sp³-hybridized carbons (Fsp3) is 0.158. The highest BCUT2D eigenvalue weighted by Gasteiger charge is 2.31. The molecule has 4 rings (SSSR count). The number of aryl methyl sites for hydroxylation is 1. The monoisotopic (exact) mass is 461 g/mol. The van der Waals surface area contributed by atoms with Gasteiger partial charge in [0.15, 0.2) is 0 Å². The molecule has 3 aromatic heterocycles. The number of H-pyrrole nitrogens is 1. The van der Waals surface area contributed by atoms with Crippen LogP contribution < -0.4 is 5.56 Å². The molecule has 0 atom stereocenters. The Morgan fingerprint density at radius 3 is 2.69 bits per heavy atom. The van der Waals surface area contributed by atoms with E-state index in [2.05, 4.69) is 37.0 Å². The van der Waals surface area contributed by atoms with E-state index in [0.29, 0.717) is 16.9 Å². The zero-order valence-electron chi connectivity index (χ0n) is 14.8. The first-order valence-corrected chi connectivity index (χ1v) is 9.13. The van der Waals surface area contributed by atoms with Crippen LogP contribution in [0.5, 0.6) is 0 Å². The van der Waals surface area contributed by atoms with Gasteiger partial charge in [0.05, 0.1) is 27.7 Å². The Kier molecular flexibility index (Phi) is 4.42. The lowest BCUT2D eigenvalue weighted by Gasteiger charge is -2.09. The minimum Gasteiger partial charge on any atom is -0.310 e. The first-order chi connectivity index (χ1) is 13.7. The van der Waals surface area contributed by atoms with Crippen LogP contribution in [-0.2, 0) is 12.6 Å². The van der Waals surface area contributed by atoms with E-state index >= 15 is 0 Å². The number of halogens is 4. The topological polar surface area (TPSA) is 86.8 Å². The van der Waals surface area contributed by atoms with Gasteiger partial charge in [0.1, 0.15) is 17.5 Å². The maximum Gasteiger partial charge on any atom is 0.416 e. The van der Waals surface area contributed by atoms with Crippen LogP contribution in [0.25, 0.3) is 16.6 Å². The molecular weight excluding hydrogens is 451 g/mol. The van der Waals surface area contributed by atoms with Gasteiger partial charge in [-0.25, -0.2) is 9.97 Å². The second-order valence-corrected chi connectivity index (χ2v) is 7.38. The van der Waals surface area contributed by atoms with Crippen LogP contribution in [0.4, 0.5) is 13.2 Å². The average molecular weight is 462 g/mol. The van der Waals surface area contributed by atoms with Crippen molar-refractivity contribution in [2.75, 3.05) is 0 Å². The van der Waals surface area contributed by atoms with E-state index in [1.54, 1.807) is 22.9 Å². The summed E-state index contributed by atoms with van der Waals surface area (Å²) < 4.78 is 40.8. The van der Waals surface area contributed by atoms with Crippen LogP contribution in [0, 0.1) is 18.3 Å². The lowest BCUT2D eigenvalue weighted by atomic mass is 10.1. The Balaban J connectivity index is 1.77. The van der Waals surface area contributed by atoms with Crippen LogP contribution in [0.15, 0.2) is 39.9 Å². The minimum atomic E-state index is -4.57. The molecule has 29 heavy (non-hydrogen) atoms. The number of nitrogens with one attached hydrogen (secondary N) is 1. The fourth-order valence-electron chi connectivity index (χ4n) is 3.05. The summed E-state index contributed by atoms with van der Waals surface area (Å²) in [6, 6.07) is 5.56. The molecule has 10 heteroatoms. The molecule has 4 aromatic rings. The smallest absolute Gasteiger partial charge is 0.310 e. The molecule has 0 aliphatic carbocycles. The van der Waals surface area contributed by atoms with Crippen molar-refractivity contribution in [1.82, 2.24) is 19.4 Å². The fourth-order valence-corrected chi connectivity index (χ4v) is 3.60. The standard InChI is InChI=1S/C19H11BrF3N5O/c1-9-2-16-25-12(8-28(16)7-10(9)6-24)5-15-26-17-13(18(29)27-15)3-11(4-14(17)20)19(21,22)23/h2-4,7-8H,5H2,1H3,(H,26,27,29). The minimum absolute atomic E-state index is 0.0824. The van der Waals surface area contributed by atoms with Gasteiger partial charge in [0, 0.05) is 23.3 Å². The third-order valence-corrected chi connectivity index (χ3v) is 5.06. The normalized spacial score (nSPS) is 11.9. The number of nitrogens with zero attached hydrogens (tertiary/aromatic N) is 4. The number of aromatic amines is 1. The van der Waals surface area contributed by atoms with Gasteiger partial charge in [0.25, 0.3) is 5.56 Å². The highest BCUT2D eigenvalue weighted by atomic mass is 79.9. The molecule has 6 nitrogen and oxygen atoms in total. The van der Waals surface area contributed by atoms with E-state index in [1.165, 1.54) is 0 Å². The average Bonchev–Trinajstić information content (AvgIpc) is 3.01. The van der Waals surface area contributed by atoms with E-state index in [0.717, 1.165) is 17.7 Å². The molecule has 0 amide bonds. The Morgan fingerprint density at radius 1 is 1.24 bits per heavy atom. The lowest BCUT2D eigenvalue weighted by Crippen LogP contribution is -2.14. The first-order valence-electron chi connectivity index (χ1n) is 8.33. The Labute approximate surface area is 169 Å².